The molecule has 0 saturated carbocycles. The zero-order chi connectivity index (χ0) is 9.61. The van der Waals surface area contributed by atoms with Crippen LogP contribution in [0.5, 0.6) is 0 Å². The largest absolute Gasteiger partial charge is 0.0824 e. The number of hydrogen-bond acceptors (Lipinski definition) is 3. The van der Waals surface area contributed by atoms with Gasteiger partial charge in [-0.15, -0.1) is 0 Å². The summed E-state index contributed by atoms with van der Waals surface area (Å²) in [7, 11) is 3.64. The van der Waals surface area contributed by atoms with E-state index >= 15 is 0 Å². The van der Waals surface area contributed by atoms with Gasteiger partial charge in [0.1, 0.15) is 0 Å². The lowest BCUT2D eigenvalue weighted by atomic mass is 10.3. The van der Waals surface area contributed by atoms with E-state index in [-0.39, 0.29) is 0 Å². The summed E-state index contributed by atoms with van der Waals surface area (Å²) in [6, 6.07) is 0. The van der Waals surface area contributed by atoms with Gasteiger partial charge in [-0.05, 0) is 23.6 Å². The maximum atomic E-state index is 5.23. The predicted molar refractivity (Wildman–Crippen MR) is 67.1 cm³/mol. The monoisotopic (exact) mass is 222 g/mol. The molecule has 0 atom stereocenters. The third kappa shape index (κ3) is 8.88. The lowest BCUT2D eigenvalue weighted by Crippen LogP contribution is -2.05. The summed E-state index contributed by atoms with van der Waals surface area (Å²) in [5.74, 6) is 0. The Bertz CT molecular complexity index is 135. The highest BCUT2D eigenvalue weighted by molar-refractivity contribution is 8.84. The fourth-order valence-corrected chi connectivity index (χ4v) is 2.83. The highest BCUT2D eigenvalue weighted by atomic mass is 33.1. The second-order valence-corrected chi connectivity index (χ2v) is 7.56. The van der Waals surface area contributed by atoms with Crippen molar-refractivity contribution >= 4 is 38.0 Å². The summed E-state index contributed by atoms with van der Waals surface area (Å²) >= 11 is 5.23. The summed E-state index contributed by atoms with van der Waals surface area (Å²) in [6.45, 7) is 8.84. The zero-order valence-corrected chi connectivity index (χ0v) is 10.8. The van der Waals surface area contributed by atoms with Gasteiger partial charge in [0.2, 0.25) is 0 Å². The maximum Gasteiger partial charge on any atom is 0.0587 e. The Balaban J connectivity index is 3.44. The molecule has 0 aromatic carbocycles. The second-order valence-electron chi connectivity index (χ2n) is 3.75. The first-order valence-electron chi connectivity index (χ1n) is 4.34. The van der Waals surface area contributed by atoms with Crippen molar-refractivity contribution in [1.29, 1.82) is 0 Å². The molecule has 0 radical (unpaired) electrons. The van der Waals surface area contributed by atoms with E-state index in [9.17, 15) is 0 Å². The summed E-state index contributed by atoms with van der Waals surface area (Å²) in [4.78, 5) is 0. The van der Waals surface area contributed by atoms with Crippen LogP contribution in [0.15, 0.2) is 0 Å². The minimum atomic E-state index is 0.320. The quantitative estimate of drug-likeness (QED) is 0.500. The molecule has 0 aromatic heterocycles. The van der Waals surface area contributed by atoms with E-state index in [4.69, 9.17) is 12.2 Å². The fourth-order valence-electron chi connectivity index (χ4n) is 0.534. The van der Waals surface area contributed by atoms with Gasteiger partial charge in [-0.2, -0.15) is 0 Å². The van der Waals surface area contributed by atoms with Crippen LogP contribution in [0.2, 0.25) is 0 Å². The molecule has 12 heavy (non-hydrogen) atoms. The Morgan fingerprint density at radius 2 is 1.92 bits per heavy atom. The van der Waals surface area contributed by atoms with Crippen LogP contribution in [-0.4, -0.2) is 8.94 Å². The van der Waals surface area contributed by atoms with Gasteiger partial charge in [0.25, 0.3) is 0 Å². The van der Waals surface area contributed by atoms with Gasteiger partial charge in [-0.25, -0.2) is 0 Å². The van der Waals surface area contributed by atoms with Crippen LogP contribution in [0.3, 0.4) is 0 Å². The molecule has 0 bridgehead atoms. The maximum absolute atomic E-state index is 5.23. The smallest absolute Gasteiger partial charge is 0.0587 e. The SMILES string of the molecule is CCCCC(=S)SSC(C)(C)C. The average molecular weight is 222 g/mol. The molecule has 72 valence electrons. The lowest BCUT2D eigenvalue weighted by Gasteiger charge is -2.16. The second kappa shape index (κ2) is 6.28. The van der Waals surface area contributed by atoms with Crippen molar-refractivity contribution in [1.82, 2.24) is 0 Å². The standard InChI is InChI=1S/C9H18S3/c1-5-6-7-8(10)11-12-9(2,3)4/h5-7H2,1-4H3. The summed E-state index contributed by atoms with van der Waals surface area (Å²) in [5, 5.41) is 0. The van der Waals surface area contributed by atoms with Crippen molar-refractivity contribution < 1.29 is 0 Å². The summed E-state index contributed by atoms with van der Waals surface area (Å²) in [5.41, 5.74) is 0. The van der Waals surface area contributed by atoms with Gasteiger partial charge >= 0.3 is 0 Å². The molecule has 0 aliphatic rings. The topological polar surface area (TPSA) is 0 Å². The van der Waals surface area contributed by atoms with E-state index in [0.717, 1.165) is 10.6 Å². The molecule has 0 rings (SSSR count). The van der Waals surface area contributed by atoms with E-state index in [1.807, 2.05) is 10.8 Å². The van der Waals surface area contributed by atoms with Crippen molar-refractivity contribution in [2.45, 2.75) is 51.7 Å². The van der Waals surface area contributed by atoms with Crippen LogP contribution in [0, 0.1) is 0 Å². The van der Waals surface area contributed by atoms with Crippen LogP contribution < -0.4 is 0 Å². The van der Waals surface area contributed by atoms with Crippen LogP contribution in [0.4, 0.5) is 0 Å². The van der Waals surface area contributed by atoms with E-state index in [0.29, 0.717) is 4.75 Å². The minimum Gasteiger partial charge on any atom is -0.0824 e. The Morgan fingerprint density at radius 1 is 1.33 bits per heavy atom. The summed E-state index contributed by atoms with van der Waals surface area (Å²) < 4.78 is 1.47. The van der Waals surface area contributed by atoms with E-state index in [1.54, 1.807) is 10.8 Å². The first kappa shape index (κ1) is 12.8. The Morgan fingerprint density at radius 3 is 2.33 bits per heavy atom. The predicted octanol–water partition coefficient (Wildman–Crippen LogP) is 4.68. The first-order chi connectivity index (χ1) is 5.45. The zero-order valence-electron chi connectivity index (χ0n) is 8.35. The van der Waals surface area contributed by atoms with E-state index in [2.05, 4.69) is 27.7 Å². The Kier molecular flexibility index (Phi) is 6.69. The molecular weight excluding hydrogens is 204 g/mol. The molecule has 0 spiro atoms. The molecule has 0 N–H and O–H groups in total. The number of unbranched alkanes of at least 4 members (excludes halogenated alkanes) is 1. The lowest BCUT2D eigenvalue weighted by molar-refractivity contribution is 0.810. The number of hydrogen-bond donors (Lipinski definition) is 0. The van der Waals surface area contributed by atoms with Crippen LogP contribution in [0.25, 0.3) is 0 Å². The molecule has 0 amide bonds. The molecule has 0 fully saturated rings. The number of thiocarbonyl (C=S) groups is 1. The average Bonchev–Trinajstić information content (AvgIpc) is 1.95. The van der Waals surface area contributed by atoms with E-state index < -0.39 is 0 Å². The molecule has 0 aromatic rings. The molecular formula is C9H18S3. The van der Waals surface area contributed by atoms with Gasteiger partial charge in [0.05, 0.1) is 4.20 Å². The van der Waals surface area contributed by atoms with Crippen molar-refractivity contribution in [2.24, 2.45) is 0 Å². The molecule has 0 saturated heterocycles. The highest BCUT2D eigenvalue weighted by Gasteiger charge is 2.12. The molecule has 3 heteroatoms. The van der Waals surface area contributed by atoms with Gasteiger partial charge in [-0.1, -0.05) is 57.1 Å². The van der Waals surface area contributed by atoms with Crippen LogP contribution in [0.1, 0.15) is 47.0 Å². The van der Waals surface area contributed by atoms with Crippen molar-refractivity contribution in [3.8, 4) is 0 Å². The van der Waals surface area contributed by atoms with Gasteiger partial charge in [0.15, 0.2) is 0 Å². The van der Waals surface area contributed by atoms with Gasteiger partial charge in [0, 0.05) is 4.75 Å². The van der Waals surface area contributed by atoms with Crippen molar-refractivity contribution in [3.05, 3.63) is 0 Å². The molecule has 0 unspecified atom stereocenters. The third-order valence-corrected chi connectivity index (χ3v) is 5.22. The minimum absolute atomic E-state index is 0.320. The molecule has 0 aliphatic carbocycles. The molecule has 0 heterocycles. The van der Waals surface area contributed by atoms with Gasteiger partial charge in [-0.3, -0.25) is 0 Å². The normalized spacial score (nSPS) is 11.7. The number of rotatable bonds is 4. The highest BCUT2D eigenvalue weighted by Crippen LogP contribution is 2.36. The Hall–Kier alpha value is 0.790. The van der Waals surface area contributed by atoms with Gasteiger partial charge < -0.3 is 0 Å². The third-order valence-electron chi connectivity index (χ3n) is 1.12. The summed E-state index contributed by atoms with van der Waals surface area (Å²) in [6.07, 6.45) is 3.57. The molecule has 0 aliphatic heterocycles. The van der Waals surface area contributed by atoms with Crippen LogP contribution in [-0.2, 0) is 0 Å². The molecule has 0 nitrogen and oxygen atoms in total. The first-order valence-corrected chi connectivity index (χ1v) is 6.90. The van der Waals surface area contributed by atoms with Crippen molar-refractivity contribution in [2.75, 3.05) is 0 Å². The fraction of sp³-hybridized carbons (Fsp3) is 0.889. The van der Waals surface area contributed by atoms with E-state index in [1.165, 1.54) is 12.8 Å². The Labute approximate surface area is 89.7 Å². The van der Waals surface area contributed by atoms with Crippen molar-refractivity contribution in [3.63, 3.8) is 0 Å². The van der Waals surface area contributed by atoms with Crippen LogP contribution >= 0.6 is 33.8 Å².